The minimum absolute atomic E-state index is 0.0941. The Morgan fingerprint density at radius 1 is 1.30 bits per heavy atom. The molecule has 2 saturated carbocycles. The van der Waals surface area contributed by atoms with E-state index in [0.29, 0.717) is 22.7 Å². The Morgan fingerprint density at radius 3 is 2.65 bits per heavy atom. The molecule has 110 valence electrons. The van der Waals surface area contributed by atoms with Crippen LogP contribution < -0.4 is 9.88 Å². The van der Waals surface area contributed by atoms with Crippen LogP contribution in [-0.2, 0) is 10.0 Å². The predicted molar refractivity (Wildman–Crippen MR) is 79.9 cm³/mol. The molecule has 2 aliphatic carbocycles. The van der Waals surface area contributed by atoms with Crippen molar-refractivity contribution >= 4 is 26.0 Å². The van der Waals surface area contributed by atoms with Crippen molar-refractivity contribution in [2.24, 2.45) is 22.9 Å². The van der Waals surface area contributed by atoms with Gasteiger partial charge in [-0.05, 0) is 71.1 Å². The number of nitrogens with two attached hydrogens (primary N) is 1. The van der Waals surface area contributed by atoms with E-state index in [9.17, 15) is 8.42 Å². The lowest BCUT2D eigenvalue weighted by atomic mass is 9.89. The van der Waals surface area contributed by atoms with Crippen molar-refractivity contribution in [1.29, 1.82) is 0 Å². The summed E-state index contributed by atoms with van der Waals surface area (Å²) >= 11 is 3.35. The first-order chi connectivity index (χ1) is 9.43. The molecule has 6 heteroatoms. The van der Waals surface area contributed by atoms with Crippen LogP contribution in [0.3, 0.4) is 0 Å². The first kappa shape index (κ1) is 14.4. The minimum atomic E-state index is -3.67. The molecule has 20 heavy (non-hydrogen) atoms. The number of halogens is 1. The van der Waals surface area contributed by atoms with Gasteiger partial charge in [-0.1, -0.05) is 6.42 Å². The van der Waals surface area contributed by atoms with E-state index < -0.39 is 10.0 Å². The molecule has 3 atom stereocenters. The molecule has 0 aliphatic heterocycles. The van der Waals surface area contributed by atoms with E-state index in [-0.39, 0.29) is 4.90 Å². The first-order valence-electron chi connectivity index (χ1n) is 6.88. The summed E-state index contributed by atoms with van der Waals surface area (Å²) < 4.78 is 29.0. The molecule has 1 aromatic carbocycles. The molecule has 0 spiro atoms. The van der Waals surface area contributed by atoms with Gasteiger partial charge in [0.05, 0.1) is 16.0 Å². The minimum Gasteiger partial charge on any atom is -0.492 e. The van der Waals surface area contributed by atoms with Crippen LogP contribution in [0, 0.1) is 17.8 Å². The highest BCUT2D eigenvalue weighted by molar-refractivity contribution is 9.10. The number of hydrogen-bond donors (Lipinski definition) is 1. The largest absolute Gasteiger partial charge is 0.492 e. The van der Waals surface area contributed by atoms with Gasteiger partial charge >= 0.3 is 0 Å². The summed E-state index contributed by atoms with van der Waals surface area (Å²) in [6.07, 6.45) is 5.36. The van der Waals surface area contributed by atoms with Crippen LogP contribution in [-0.4, -0.2) is 15.0 Å². The molecule has 2 fully saturated rings. The Morgan fingerprint density at radius 2 is 2.10 bits per heavy atom. The number of sulfonamides is 1. The Balaban J connectivity index is 1.66. The Labute approximate surface area is 127 Å². The summed E-state index contributed by atoms with van der Waals surface area (Å²) in [7, 11) is -3.67. The number of fused-ring (bicyclic) bond motifs is 2. The maximum Gasteiger partial charge on any atom is 0.238 e. The van der Waals surface area contributed by atoms with E-state index in [4.69, 9.17) is 9.88 Å². The quantitative estimate of drug-likeness (QED) is 0.898. The predicted octanol–water partition coefficient (Wildman–Crippen LogP) is 2.91. The lowest BCUT2D eigenvalue weighted by Crippen LogP contribution is -2.18. The van der Waals surface area contributed by atoms with Gasteiger partial charge in [-0.15, -0.1) is 0 Å². The van der Waals surface area contributed by atoms with Gasteiger partial charge in [-0.3, -0.25) is 0 Å². The van der Waals surface area contributed by atoms with Gasteiger partial charge in [0.2, 0.25) is 10.0 Å². The highest BCUT2D eigenvalue weighted by atomic mass is 79.9. The van der Waals surface area contributed by atoms with Crippen LogP contribution in [0.15, 0.2) is 27.6 Å². The van der Waals surface area contributed by atoms with Crippen molar-refractivity contribution in [1.82, 2.24) is 0 Å². The van der Waals surface area contributed by atoms with Gasteiger partial charge in [0.1, 0.15) is 5.75 Å². The molecule has 0 saturated heterocycles. The van der Waals surface area contributed by atoms with E-state index in [1.807, 2.05) is 0 Å². The molecule has 4 nitrogen and oxygen atoms in total. The lowest BCUT2D eigenvalue weighted by Gasteiger charge is -2.22. The molecule has 2 aliphatic rings. The summed E-state index contributed by atoms with van der Waals surface area (Å²) in [6, 6.07) is 4.64. The number of primary sulfonamides is 1. The van der Waals surface area contributed by atoms with Gasteiger partial charge in [-0.2, -0.15) is 0 Å². The fourth-order valence-electron chi connectivity index (χ4n) is 3.55. The second-order valence-corrected chi connectivity index (χ2v) is 8.30. The summed E-state index contributed by atoms with van der Waals surface area (Å²) in [6.45, 7) is 0.717. The monoisotopic (exact) mass is 359 g/mol. The summed E-state index contributed by atoms with van der Waals surface area (Å²) in [4.78, 5) is 0.0941. The number of benzene rings is 1. The van der Waals surface area contributed by atoms with Crippen molar-refractivity contribution < 1.29 is 13.2 Å². The average molecular weight is 360 g/mol. The van der Waals surface area contributed by atoms with Crippen molar-refractivity contribution in [2.75, 3.05) is 6.61 Å². The molecule has 3 rings (SSSR count). The molecule has 0 amide bonds. The van der Waals surface area contributed by atoms with Crippen LogP contribution >= 0.6 is 15.9 Å². The van der Waals surface area contributed by atoms with Gasteiger partial charge in [0.25, 0.3) is 0 Å². The zero-order chi connectivity index (χ0) is 14.3. The average Bonchev–Trinajstić information content (AvgIpc) is 2.98. The van der Waals surface area contributed by atoms with E-state index in [2.05, 4.69) is 15.9 Å². The van der Waals surface area contributed by atoms with Gasteiger partial charge in [0.15, 0.2) is 0 Å². The summed E-state index contributed by atoms with van der Waals surface area (Å²) in [5.41, 5.74) is 0. The molecule has 0 radical (unpaired) electrons. The van der Waals surface area contributed by atoms with Crippen LogP contribution in [0.4, 0.5) is 0 Å². The fraction of sp³-hybridized carbons (Fsp3) is 0.571. The van der Waals surface area contributed by atoms with E-state index in [1.165, 1.54) is 37.8 Å². The normalized spacial score (nSPS) is 28.8. The van der Waals surface area contributed by atoms with E-state index in [0.717, 1.165) is 11.8 Å². The standard InChI is InChI=1S/C14H18BrNO3S/c15-13-7-12(20(16,17)18)3-4-14(13)19-8-11-6-9-1-2-10(11)5-9/h3-4,7,9-11H,1-2,5-6,8H2,(H2,16,17,18). The second kappa shape index (κ2) is 5.31. The zero-order valence-electron chi connectivity index (χ0n) is 11.1. The van der Waals surface area contributed by atoms with E-state index >= 15 is 0 Å². The highest BCUT2D eigenvalue weighted by Gasteiger charge is 2.39. The molecule has 3 unspecified atom stereocenters. The summed E-state index contributed by atoms with van der Waals surface area (Å²) in [5, 5.41) is 5.10. The van der Waals surface area contributed by atoms with E-state index in [1.54, 1.807) is 6.07 Å². The van der Waals surface area contributed by atoms with Crippen LogP contribution in [0.2, 0.25) is 0 Å². The lowest BCUT2D eigenvalue weighted by molar-refractivity contribution is 0.194. The van der Waals surface area contributed by atoms with Crippen LogP contribution in [0.5, 0.6) is 5.75 Å². The molecule has 2 bridgehead atoms. The topological polar surface area (TPSA) is 69.4 Å². The molecule has 0 aromatic heterocycles. The fourth-order valence-corrected chi connectivity index (χ4v) is 4.74. The Bertz CT molecular complexity index is 617. The van der Waals surface area contributed by atoms with Crippen molar-refractivity contribution in [3.8, 4) is 5.75 Å². The third kappa shape index (κ3) is 2.87. The maximum atomic E-state index is 11.3. The maximum absolute atomic E-state index is 11.3. The second-order valence-electron chi connectivity index (χ2n) is 5.88. The number of hydrogen-bond acceptors (Lipinski definition) is 3. The summed E-state index contributed by atoms with van der Waals surface area (Å²) in [5.74, 6) is 3.06. The number of ether oxygens (including phenoxy) is 1. The molecular weight excluding hydrogens is 342 g/mol. The SMILES string of the molecule is NS(=O)(=O)c1ccc(OCC2CC3CCC2C3)c(Br)c1. The molecular formula is C14H18BrNO3S. The van der Waals surface area contributed by atoms with Gasteiger partial charge in [0, 0.05) is 0 Å². The van der Waals surface area contributed by atoms with Crippen LogP contribution in [0.25, 0.3) is 0 Å². The molecule has 1 aromatic rings. The van der Waals surface area contributed by atoms with Crippen LogP contribution in [0.1, 0.15) is 25.7 Å². The molecule has 2 N–H and O–H groups in total. The van der Waals surface area contributed by atoms with Crippen molar-refractivity contribution in [3.63, 3.8) is 0 Å². The van der Waals surface area contributed by atoms with Gasteiger partial charge in [-0.25, -0.2) is 13.6 Å². The van der Waals surface area contributed by atoms with Crippen molar-refractivity contribution in [2.45, 2.75) is 30.6 Å². The zero-order valence-corrected chi connectivity index (χ0v) is 13.5. The van der Waals surface area contributed by atoms with Gasteiger partial charge < -0.3 is 4.74 Å². The first-order valence-corrected chi connectivity index (χ1v) is 9.22. The Hall–Kier alpha value is -0.590. The third-order valence-corrected chi connectivity index (χ3v) is 6.10. The third-order valence-electron chi connectivity index (χ3n) is 4.57. The highest BCUT2D eigenvalue weighted by Crippen LogP contribution is 2.48. The Kier molecular flexibility index (Phi) is 3.81. The smallest absolute Gasteiger partial charge is 0.238 e. The molecule has 0 heterocycles. The number of rotatable bonds is 4. The van der Waals surface area contributed by atoms with Crippen molar-refractivity contribution in [3.05, 3.63) is 22.7 Å².